The predicted octanol–water partition coefficient (Wildman–Crippen LogP) is 5.41. The standard InChI is InChI=1S/C13H11BrN4O.C13H9BrN4O/c2*1-8(19)11-4-5-15-13(17-11)18-12-6-10(14)3-2-9(12)7-16-18/h2-8,19H,1H3;2-7H,1H3. The molecule has 38 heavy (non-hydrogen) atoms. The van der Waals surface area contributed by atoms with Gasteiger partial charge in [0.05, 0.1) is 35.2 Å². The number of fused-ring (bicyclic) bond motifs is 2. The van der Waals surface area contributed by atoms with Crippen LogP contribution < -0.4 is 0 Å². The third-order valence-electron chi connectivity index (χ3n) is 5.54. The predicted molar refractivity (Wildman–Crippen MR) is 149 cm³/mol. The van der Waals surface area contributed by atoms with Gasteiger partial charge in [0.2, 0.25) is 0 Å². The summed E-state index contributed by atoms with van der Waals surface area (Å²) in [6.07, 6.45) is 6.06. The molecule has 0 bridgehead atoms. The molecule has 4 heterocycles. The fourth-order valence-corrected chi connectivity index (χ4v) is 4.34. The quantitative estimate of drug-likeness (QED) is 0.255. The van der Waals surface area contributed by atoms with Gasteiger partial charge in [0, 0.05) is 39.0 Å². The van der Waals surface area contributed by atoms with Crippen molar-refractivity contribution in [2.45, 2.75) is 20.0 Å². The van der Waals surface area contributed by atoms with E-state index in [-0.39, 0.29) is 5.78 Å². The molecule has 0 radical (unpaired) electrons. The molecule has 6 rings (SSSR count). The third-order valence-corrected chi connectivity index (χ3v) is 6.53. The first-order valence-electron chi connectivity index (χ1n) is 11.4. The van der Waals surface area contributed by atoms with E-state index in [2.05, 4.69) is 62.0 Å². The normalized spacial score (nSPS) is 11.8. The fraction of sp³-hybridized carbons (Fsp3) is 0.115. The zero-order chi connectivity index (χ0) is 26.8. The van der Waals surface area contributed by atoms with Crippen molar-refractivity contribution in [2.75, 3.05) is 0 Å². The second-order valence-electron chi connectivity index (χ2n) is 8.27. The van der Waals surface area contributed by atoms with Crippen LogP contribution in [0.2, 0.25) is 0 Å². The molecule has 0 fully saturated rings. The number of carbonyl (C=O) groups is 1. The molecule has 0 amide bonds. The van der Waals surface area contributed by atoms with E-state index in [1.807, 2.05) is 36.4 Å². The van der Waals surface area contributed by atoms with Gasteiger partial charge >= 0.3 is 0 Å². The van der Waals surface area contributed by atoms with Crippen LogP contribution in [0.1, 0.15) is 36.1 Å². The molecule has 6 aromatic rings. The van der Waals surface area contributed by atoms with Crippen LogP contribution >= 0.6 is 31.9 Å². The Hall–Kier alpha value is -3.87. The summed E-state index contributed by atoms with van der Waals surface area (Å²) in [7, 11) is 0. The lowest BCUT2D eigenvalue weighted by Crippen LogP contribution is -2.06. The highest BCUT2D eigenvalue weighted by Gasteiger charge is 2.11. The average Bonchev–Trinajstić information content (AvgIpc) is 3.53. The van der Waals surface area contributed by atoms with Gasteiger partial charge in [-0.15, -0.1) is 0 Å². The van der Waals surface area contributed by atoms with Gasteiger partial charge in [0.25, 0.3) is 11.9 Å². The second-order valence-corrected chi connectivity index (χ2v) is 10.1. The van der Waals surface area contributed by atoms with Crippen molar-refractivity contribution in [3.63, 3.8) is 0 Å². The van der Waals surface area contributed by atoms with Crippen LogP contribution in [0.15, 0.2) is 82.3 Å². The molecule has 0 aliphatic rings. The molecule has 0 aliphatic carbocycles. The number of ketones is 1. The first-order valence-corrected chi connectivity index (χ1v) is 13.0. The van der Waals surface area contributed by atoms with Gasteiger partial charge in [0.15, 0.2) is 5.78 Å². The van der Waals surface area contributed by atoms with Crippen molar-refractivity contribution >= 4 is 59.4 Å². The minimum atomic E-state index is -0.629. The number of carbonyl (C=O) groups excluding carboxylic acids is 1. The lowest BCUT2D eigenvalue weighted by Gasteiger charge is -2.06. The second kappa shape index (κ2) is 10.9. The van der Waals surface area contributed by atoms with E-state index in [9.17, 15) is 9.90 Å². The smallest absolute Gasteiger partial charge is 0.251 e. The molecule has 2 aromatic carbocycles. The summed E-state index contributed by atoms with van der Waals surface area (Å²) in [6, 6.07) is 15.0. The van der Waals surface area contributed by atoms with E-state index in [1.54, 1.807) is 53.2 Å². The van der Waals surface area contributed by atoms with Crippen molar-refractivity contribution in [3.05, 3.63) is 93.7 Å². The van der Waals surface area contributed by atoms with E-state index >= 15 is 0 Å². The molecule has 0 saturated carbocycles. The number of hydrogen-bond acceptors (Lipinski definition) is 8. The van der Waals surface area contributed by atoms with Crippen LogP contribution in [0.5, 0.6) is 0 Å². The number of aromatic nitrogens is 8. The summed E-state index contributed by atoms with van der Waals surface area (Å²) in [4.78, 5) is 28.3. The minimum Gasteiger partial charge on any atom is -0.387 e. The summed E-state index contributed by atoms with van der Waals surface area (Å²) < 4.78 is 5.19. The van der Waals surface area contributed by atoms with E-state index in [4.69, 9.17) is 0 Å². The van der Waals surface area contributed by atoms with Gasteiger partial charge in [-0.3, -0.25) is 4.79 Å². The number of Topliss-reactive ketones (excluding diaryl/α,β-unsaturated/α-hetero) is 1. The molecule has 0 saturated heterocycles. The number of benzene rings is 2. The fourth-order valence-electron chi connectivity index (χ4n) is 3.65. The molecule has 0 spiro atoms. The Morgan fingerprint density at radius 1 is 0.816 bits per heavy atom. The third kappa shape index (κ3) is 5.37. The maximum atomic E-state index is 11.4. The molecular formula is C26H20Br2N8O2. The molecular weight excluding hydrogens is 616 g/mol. The largest absolute Gasteiger partial charge is 0.387 e. The summed E-state index contributed by atoms with van der Waals surface area (Å²) in [5, 5.41) is 20.1. The van der Waals surface area contributed by atoms with E-state index in [0.717, 1.165) is 30.8 Å². The van der Waals surface area contributed by atoms with Crippen LogP contribution in [-0.2, 0) is 0 Å². The van der Waals surface area contributed by atoms with Crippen LogP contribution in [0, 0.1) is 0 Å². The van der Waals surface area contributed by atoms with Gasteiger partial charge in [-0.25, -0.2) is 19.9 Å². The molecule has 1 atom stereocenters. The lowest BCUT2D eigenvalue weighted by atomic mass is 10.2. The molecule has 1 N–H and O–H groups in total. The van der Waals surface area contributed by atoms with E-state index in [0.29, 0.717) is 23.3 Å². The number of aliphatic hydroxyl groups excluding tert-OH is 1. The first-order chi connectivity index (χ1) is 18.3. The van der Waals surface area contributed by atoms with Crippen molar-refractivity contribution in [2.24, 2.45) is 0 Å². The summed E-state index contributed by atoms with van der Waals surface area (Å²) in [6.45, 7) is 3.15. The zero-order valence-corrected chi connectivity index (χ0v) is 23.4. The number of nitrogens with zero attached hydrogens (tertiary/aromatic N) is 8. The topological polar surface area (TPSA) is 124 Å². The summed E-state index contributed by atoms with van der Waals surface area (Å²) in [5.41, 5.74) is 2.75. The van der Waals surface area contributed by atoms with Crippen molar-refractivity contribution in [3.8, 4) is 11.9 Å². The molecule has 190 valence electrons. The Bertz CT molecular complexity index is 1780. The molecule has 10 nitrogen and oxygen atoms in total. The number of halogens is 2. The van der Waals surface area contributed by atoms with Gasteiger partial charge < -0.3 is 5.11 Å². The monoisotopic (exact) mass is 634 g/mol. The number of aliphatic hydroxyl groups is 1. The maximum absolute atomic E-state index is 11.4. The number of hydrogen-bond donors (Lipinski definition) is 1. The Morgan fingerprint density at radius 3 is 1.87 bits per heavy atom. The van der Waals surface area contributed by atoms with Crippen LogP contribution in [-0.4, -0.2) is 50.4 Å². The highest BCUT2D eigenvalue weighted by molar-refractivity contribution is 9.10. The van der Waals surface area contributed by atoms with E-state index in [1.165, 1.54) is 6.92 Å². The summed E-state index contributed by atoms with van der Waals surface area (Å²) in [5.74, 6) is 0.744. The SMILES string of the molecule is CC(=O)c1ccnc(-n2ncc3ccc(Br)cc32)n1.CC(O)c1ccnc(-n2ncc3ccc(Br)cc32)n1. The van der Waals surface area contributed by atoms with Crippen molar-refractivity contribution in [1.82, 2.24) is 39.5 Å². The molecule has 1 unspecified atom stereocenters. The first kappa shape index (κ1) is 25.8. The number of rotatable bonds is 4. The Kier molecular flexibility index (Phi) is 7.36. The molecule has 4 aromatic heterocycles. The van der Waals surface area contributed by atoms with Gasteiger partial charge in [0.1, 0.15) is 5.69 Å². The van der Waals surface area contributed by atoms with Crippen molar-refractivity contribution in [1.29, 1.82) is 0 Å². The lowest BCUT2D eigenvalue weighted by molar-refractivity contribution is 0.101. The van der Waals surface area contributed by atoms with Crippen LogP contribution in [0.3, 0.4) is 0 Å². The van der Waals surface area contributed by atoms with Crippen LogP contribution in [0.4, 0.5) is 0 Å². The Morgan fingerprint density at radius 2 is 1.34 bits per heavy atom. The Balaban J connectivity index is 0.000000155. The van der Waals surface area contributed by atoms with Gasteiger partial charge in [-0.1, -0.05) is 44.0 Å². The van der Waals surface area contributed by atoms with Crippen molar-refractivity contribution < 1.29 is 9.90 Å². The maximum Gasteiger partial charge on any atom is 0.251 e. The summed E-state index contributed by atoms with van der Waals surface area (Å²) >= 11 is 6.87. The minimum absolute atomic E-state index is 0.0960. The van der Waals surface area contributed by atoms with Gasteiger partial charge in [-0.05, 0) is 43.3 Å². The highest BCUT2D eigenvalue weighted by atomic mass is 79.9. The molecule has 12 heteroatoms. The van der Waals surface area contributed by atoms with E-state index < -0.39 is 6.10 Å². The van der Waals surface area contributed by atoms with Gasteiger partial charge in [-0.2, -0.15) is 19.6 Å². The Labute approximate surface area is 233 Å². The highest BCUT2D eigenvalue weighted by Crippen LogP contribution is 2.22. The average molecular weight is 636 g/mol. The van der Waals surface area contributed by atoms with Crippen LogP contribution in [0.25, 0.3) is 33.7 Å². The molecule has 0 aliphatic heterocycles. The zero-order valence-electron chi connectivity index (χ0n) is 20.2.